The lowest BCUT2D eigenvalue weighted by Gasteiger charge is -2.07. The highest BCUT2D eigenvalue weighted by Crippen LogP contribution is 2.33. The number of aromatic nitrogens is 4. The van der Waals surface area contributed by atoms with E-state index in [1.54, 1.807) is 12.1 Å². The third kappa shape index (κ3) is 4.92. The molecule has 2 aliphatic heterocycles. The monoisotopic (exact) mass is 536 g/mol. The average molecular weight is 537 g/mol. The van der Waals surface area contributed by atoms with Crippen LogP contribution in [0.25, 0.3) is 68.6 Å². The molecule has 3 N–H and O–H groups in total. The molecular formula is C35H28N4O2. The maximum atomic E-state index is 9.88. The molecule has 41 heavy (non-hydrogen) atoms. The van der Waals surface area contributed by atoms with Crippen molar-refractivity contribution >= 4 is 46.4 Å². The summed E-state index contributed by atoms with van der Waals surface area (Å²) in [6.45, 7) is 2.80. The number of rotatable bonds is 5. The number of phenolic OH excluding ortho intramolecular Hbond substituents is 1. The molecule has 5 heterocycles. The minimum absolute atomic E-state index is 0.227. The van der Waals surface area contributed by atoms with Crippen molar-refractivity contribution in [2.75, 3.05) is 6.61 Å². The first kappa shape index (κ1) is 24.7. The lowest BCUT2D eigenvalue weighted by molar-refractivity contribution is 0.317. The van der Waals surface area contributed by atoms with Crippen LogP contribution in [0.1, 0.15) is 36.1 Å². The lowest BCUT2D eigenvalue weighted by Crippen LogP contribution is -1.94. The standard InChI is InChI=1S/C35H28N4O2/c1-2-19-41-29-13-5-23(6-14-29)35-32-17-9-26(38-32)20-24-7-15-30(36-24)34(22-3-11-28(40)12-4-22)31-16-8-25(37-31)21-27-10-18-33(35)39-27/h3-18,20-21,36,39-40H,2,19H2,1H3. The molecule has 7 rings (SSSR count). The van der Waals surface area contributed by atoms with Crippen LogP contribution in [0.15, 0.2) is 84.9 Å². The molecule has 0 amide bonds. The van der Waals surface area contributed by atoms with Crippen LogP contribution in [0, 0.1) is 0 Å². The van der Waals surface area contributed by atoms with Crippen molar-refractivity contribution in [3.05, 3.63) is 108 Å². The van der Waals surface area contributed by atoms with Gasteiger partial charge in [-0.15, -0.1) is 0 Å². The van der Waals surface area contributed by atoms with Gasteiger partial charge in [0.25, 0.3) is 0 Å². The number of H-pyrrole nitrogens is 2. The Morgan fingerprint density at radius 2 is 1.15 bits per heavy atom. The number of ether oxygens (including phenoxy) is 1. The lowest BCUT2D eigenvalue weighted by atomic mass is 10.0. The number of aromatic hydroxyl groups is 1. The second-order valence-corrected chi connectivity index (χ2v) is 10.1. The van der Waals surface area contributed by atoms with Crippen LogP contribution in [-0.4, -0.2) is 31.6 Å². The summed E-state index contributed by atoms with van der Waals surface area (Å²) in [5.74, 6) is 1.09. The van der Waals surface area contributed by atoms with Crippen molar-refractivity contribution in [2.24, 2.45) is 0 Å². The molecule has 6 heteroatoms. The second-order valence-electron chi connectivity index (χ2n) is 10.1. The molecule has 0 saturated carbocycles. The van der Waals surface area contributed by atoms with E-state index in [4.69, 9.17) is 14.7 Å². The third-order valence-corrected chi connectivity index (χ3v) is 7.17. The summed E-state index contributed by atoms with van der Waals surface area (Å²) in [6.07, 6.45) is 9.13. The molecule has 2 aliphatic rings. The summed E-state index contributed by atoms with van der Waals surface area (Å²) in [6, 6.07) is 27.8. The van der Waals surface area contributed by atoms with Gasteiger partial charge in [0, 0.05) is 33.2 Å². The van der Waals surface area contributed by atoms with Crippen LogP contribution in [0.5, 0.6) is 11.5 Å². The Morgan fingerprint density at radius 3 is 1.66 bits per heavy atom. The van der Waals surface area contributed by atoms with Gasteiger partial charge in [0.2, 0.25) is 0 Å². The number of phenols is 1. The van der Waals surface area contributed by atoms with E-state index in [0.717, 1.165) is 79.3 Å². The van der Waals surface area contributed by atoms with Crippen molar-refractivity contribution in [3.8, 4) is 33.8 Å². The largest absolute Gasteiger partial charge is 0.508 e. The summed E-state index contributed by atoms with van der Waals surface area (Å²) < 4.78 is 5.82. The molecule has 6 nitrogen and oxygen atoms in total. The number of benzene rings is 2. The first-order valence-corrected chi connectivity index (χ1v) is 13.8. The quantitative estimate of drug-likeness (QED) is 0.206. The van der Waals surface area contributed by atoms with Gasteiger partial charge in [-0.2, -0.15) is 0 Å². The van der Waals surface area contributed by atoms with Gasteiger partial charge in [-0.1, -0.05) is 31.2 Å². The zero-order valence-electron chi connectivity index (χ0n) is 22.6. The molecule has 200 valence electrons. The van der Waals surface area contributed by atoms with Crippen molar-refractivity contribution in [2.45, 2.75) is 13.3 Å². The number of nitrogens with zero attached hydrogens (tertiary/aromatic N) is 2. The van der Waals surface area contributed by atoms with E-state index in [9.17, 15) is 5.11 Å². The molecule has 0 spiro atoms. The van der Waals surface area contributed by atoms with Crippen LogP contribution in [0.2, 0.25) is 0 Å². The van der Waals surface area contributed by atoms with Gasteiger partial charge in [-0.05, 0) is 103 Å². The second kappa shape index (κ2) is 10.3. The molecule has 0 aliphatic carbocycles. The average Bonchev–Trinajstić information content (AvgIpc) is 3.80. The summed E-state index contributed by atoms with van der Waals surface area (Å²) in [4.78, 5) is 17.1. The van der Waals surface area contributed by atoms with E-state index in [0.29, 0.717) is 6.61 Å². The molecule has 0 radical (unpaired) electrons. The van der Waals surface area contributed by atoms with Gasteiger partial charge in [0.1, 0.15) is 11.5 Å². The Hall–Kier alpha value is -5.36. The van der Waals surface area contributed by atoms with E-state index in [-0.39, 0.29) is 5.75 Å². The van der Waals surface area contributed by atoms with Crippen molar-refractivity contribution < 1.29 is 9.84 Å². The van der Waals surface area contributed by atoms with Gasteiger partial charge >= 0.3 is 0 Å². The summed E-state index contributed by atoms with van der Waals surface area (Å²) in [7, 11) is 0. The number of hydrogen-bond donors (Lipinski definition) is 3. The molecule has 3 aromatic heterocycles. The first-order chi connectivity index (χ1) is 20.1. The SMILES string of the molecule is CCCOc1ccc(-c2c3nc(cc4ccc([nH]4)c(-c4ccc(O)cc4)c4nc(cc5ccc2[nH]5)C=C4)C=C3)cc1. The zero-order valence-corrected chi connectivity index (χ0v) is 22.6. The normalized spacial score (nSPS) is 12.1. The highest BCUT2D eigenvalue weighted by molar-refractivity contribution is 5.93. The molecule has 0 saturated heterocycles. The van der Waals surface area contributed by atoms with E-state index in [1.165, 1.54) is 0 Å². The van der Waals surface area contributed by atoms with E-state index in [2.05, 4.69) is 59.4 Å². The van der Waals surface area contributed by atoms with Crippen molar-refractivity contribution in [1.29, 1.82) is 0 Å². The fourth-order valence-corrected chi connectivity index (χ4v) is 5.25. The Balaban J connectivity index is 1.48. The van der Waals surface area contributed by atoms with Crippen LogP contribution in [-0.2, 0) is 0 Å². The summed E-state index contributed by atoms with van der Waals surface area (Å²) in [5, 5.41) is 9.88. The van der Waals surface area contributed by atoms with Crippen molar-refractivity contribution in [3.63, 3.8) is 0 Å². The number of aromatic amines is 2. The highest BCUT2D eigenvalue weighted by Gasteiger charge is 2.13. The van der Waals surface area contributed by atoms with Crippen LogP contribution in [0.3, 0.4) is 0 Å². The molecule has 8 bridgehead atoms. The van der Waals surface area contributed by atoms with Crippen molar-refractivity contribution in [1.82, 2.24) is 19.9 Å². The smallest absolute Gasteiger partial charge is 0.119 e. The summed E-state index contributed by atoms with van der Waals surface area (Å²) >= 11 is 0. The third-order valence-electron chi connectivity index (χ3n) is 7.17. The van der Waals surface area contributed by atoms with Gasteiger partial charge < -0.3 is 19.8 Å². The zero-order chi connectivity index (χ0) is 27.8. The molecular weight excluding hydrogens is 508 g/mol. The van der Waals surface area contributed by atoms with Crippen LogP contribution < -0.4 is 4.74 Å². The van der Waals surface area contributed by atoms with Gasteiger partial charge in [0.05, 0.1) is 29.4 Å². The number of hydrogen-bond acceptors (Lipinski definition) is 4. The molecule has 0 atom stereocenters. The first-order valence-electron chi connectivity index (χ1n) is 13.8. The highest BCUT2D eigenvalue weighted by atomic mass is 16.5. The minimum Gasteiger partial charge on any atom is -0.508 e. The van der Waals surface area contributed by atoms with E-state index in [1.807, 2.05) is 54.6 Å². The molecule has 0 fully saturated rings. The van der Waals surface area contributed by atoms with Crippen LogP contribution in [0.4, 0.5) is 0 Å². The Kier molecular flexibility index (Phi) is 6.21. The Morgan fingerprint density at radius 1 is 0.634 bits per heavy atom. The summed E-state index contributed by atoms with van der Waals surface area (Å²) in [5.41, 5.74) is 11.2. The molecule has 0 unspecified atom stereocenters. The number of fused-ring (bicyclic) bond motifs is 8. The van der Waals surface area contributed by atoms with Crippen LogP contribution >= 0.6 is 0 Å². The molecule has 5 aromatic rings. The maximum absolute atomic E-state index is 9.88. The van der Waals surface area contributed by atoms with Gasteiger partial charge in [0.15, 0.2) is 0 Å². The maximum Gasteiger partial charge on any atom is 0.119 e. The molecule has 2 aromatic carbocycles. The predicted molar refractivity (Wildman–Crippen MR) is 167 cm³/mol. The fraction of sp³-hybridized carbons (Fsp3) is 0.0857. The predicted octanol–water partition coefficient (Wildman–Crippen LogP) is 8.48. The van der Waals surface area contributed by atoms with Gasteiger partial charge in [-0.25, -0.2) is 9.97 Å². The van der Waals surface area contributed by atoms with Gasteiger partial charge in [-0.3, -0.25) is 0 Å². The van der Waals surface area contributed by atoms with E-state index >= 15 is 0 Å². The number of nitrogens with one attached hydrogen (secondary N) is 2. The fourth-order valence-electron chi connectivity index (χ4n) is 5.25. The minimum atomic E-state index is 0.227. The topological polar surface area (TPSA) is 86.8 Å². The Bertz CT molecular complexity index is 1980. The Labute approximate surface area is 237 Å². The van der Waals surface area contributed by atoms with E-state index < -0.39 is 0 Å².